The van der Waals surface area contributed by atoms with Crippen molar-refractivity contribution in [1.82, 2.24) is 9.80 Å². The van der Waals surface area contributed by atoms with Crippen LogP contribution in [0.1, 0.15) is 44.7 Å². The maximum absolute atomic E-state index is 12.5. The van der Waals surface area contributed by atoms with Gasteiger partial charge in [0.25, 0.3) is 11.8 Å². The fourth-order valence-electron chi connectivity index (χ4n) is 4.04. The Hall–Kier alpha value is -2.64. The first-order chi connectivity index (χ1) is 15.0. The van der Waals surface area contributed by atoms with Gasteiger partial charge in [-0.25, -0.2) is 0 Å². The van der Waals surface area contributed by atoms with Crippen LogP contribution in [-0.4, -0.2) is 58.7 Å². The zero-order valence-electron chi connectivity index (χ0n) is 17.7. The number of carbonyl (C=O) groups is 3. The van der Waals surface area contributed by atoms with Gasteiger partial charge in [-0.05, 0) is 42.7 Å². The molecule has 1 N–H and O–H groups in total. The minimum atomic E-state index is -0.277. The van der Waals surface area contributed by atoms with Crippen LogP contribution in [0.3, 0.4) is 0 Å². The predicted molar refractivity (Wildman–Crippen MR) is 123 cm³/mol. The van der Waals surface area contributed by atoms with E-state index in [1.54, 1.807) is 24.3 Å². The fourth-order valence-corrected chi connectivity index (χ4v) is 5.02. The number of carbonyl (C=O) groups excluding carboxylic acids is 3. The number of nitrogens with zero attached hydrogens (tertiary/aromatic N) is 2. The maximum Gasteiger partial charge on any atom is 0.261 e. The van der Waals surface area contributed by atoms with E-state index in [0.29, 0.717) is 17.5 Å². The summed E-state index contributed by atoms with van der Waals surface area (Å²) < 4.78 is 0. The lowest BCUT2D eigenvalue weighted by Gasteiger charge is -2.27. The number of hydrogen-bond donors (Lipinski definition) is 1. The second-order valence-electron chi connectivity index (χ2n) is 7.94. The summed E-state index contributed by atoms with van der Waals surface area (Å²) in [5.74, 6) is 1.68. The first-order valence-corrected chi connectivity index (χ1v) is 11.8. The van der Waals surface area contributed by atoms with Crippen LogP contribution in [0.15, 0.2) is 42.5 Å². The van der Waals surface area contributed by atoms with E-state index in [1.165, 1.54) is 22.0 Å². The minimum Gasteiger partial charge on any atom is -0.326 e. The molecule has 0 saturated carbocycles. The Morgan fingerprint density at radius 2 is 1.68 bits per heavy atom. The highest BCUT2D eigenvalue weighted by Gasteiger charge is 2.34. The molecular formula is C24H27N3O3S. The lowest BCUT2D eigenvalue weighted by Crippen LogP contribution is -2.32. The number of nitrogens with one attached hydrogen (secondary N) is 1. The van der Waals surface area contributed by atoms with Gasteiger partial charge in [-0.2, -0.15) is 11.8 Å². The van der Waals surface area contributed by atoms with Gasteiger partial charge in [-0.15, -0.1) is 0 Å². The van der Waals surface area contributed by atoms with Crippen molar-refractivity contribution in [3.63, 3.8) is 0 Å². The summed E-state index contributed by atoms with van der Waals surface area (Å²) in [5.41, 5.74) is 4.04. The van der Waals surface area contributed by atoms with Gasteiger partial charge in [-0.1, -0.05) is 24.3 Å². The van der Waals surface area contributed by atoms with Crippen LogP contribution in [0, 0.1) is 6.92 Å². The molecule has 7 heteroatoms. The molecule has 0 radical (unpaired) electrons. The molecule has 2 aliphatic rings. The quantitative estimate of drug-likeness (QED) is 0.671. The number of imide groups is 1. The van der Waals surface area contributed by atoms with Crippen LogP contribution in [0.5, 0.6) is 0 Å². The Labute approximate surface area is 187 Å². The average Bonchev–Trinajstić information content (AvgIpc) is 3.02. The van der Waals surface area contributed by atoms with Crippen LogP contribution in [0.2, 0.25) is 0 Å². The van der Waals surface area contributed by atoms with Gasteiger partial charge in [0.1, 0.15) is 0 Å². The van der Waals surface area contributed by atoms with E-state index >= 15 is 0 Å². The van der Waals surface area contributed by atoms with E-state index in [2.05, 4.69) is 16.3 Å². The highest BCUT2D eigenvalue weighted by atomic mass is 32.2. The lowest BCUT2D eigenvalue weighted by atomic mass is 10.1. The Balaban J connectivity index is 1.30. The van der Waals surface area contributed by atoms with Crippen molar-refractivity contribution in [1.29, 1.82) is 0 Å². The average molecular weight is 438 g/mol. The molecule has 0 spiro atoms. The number of rotatable bonds is 7. The SMILES string of the molecule is Cc1c(CN2CCSCC2)cccc1NC(=O)CCCN1C(=O)c2ccccc2C1=O. The van der Waals surface area contributed by atoms with E-state index in [0.717, 1.165) is 30.9 Å². The zero-order valence-corrected chi connectivity index (χ0v) is 18.5. The van der Waals surface area contributed by atoms with E-state index in [4.69, 9.17) is 0 Å². The molecule has 0 atom stereocenters. The van der Waals surface area contributed by atoms with Gasteiger partial charge >= 0.3 is 0 Å². The van der Waals surface area contributed by atoms with Crippen molar-refractivity contribution in [2.45, 2.75) is 26.3 Å². The number of hydrogen-bond acceptors (Lipinski definition) is 5. The number of amides is 3. The Bertz CT molecular complexity index is 966. The summed E-state index contributed by atoms with van der Waals surface area (Å²) in [6.45, 7) is 5.38. The smallest absolute Gasteiger partial charge is 0.261 e. The van der Waals surface area contributed by atoms with Crippen molar-refractivity contribution >= 4 is 35.2 Å². The van der Waals surface area contributed by atoms with E-state index in [-0.39, 0.29) is 30.7 Å². The molecule has 0 bridgehead atoms. The molecule has 3 amide bonds. The maximum atomic E-state index is 12.5. The van der Waals surface area contributed by atoms with E-state index < -0.39 is 0 Å². The van der Waals surface area contributed by atoms with Crippen LogP contribution in [0.4, 0.5) is 5.69 Å². The monoisotopic (exact) mass is 437 g/mol. The summed E-state index contributed by atoms with van der Waals surface area (Å²) in [6, 6.07) is 12.9. The zero-order chi connectivity index (χ0) is 21.8. The molecule has 0 aliphatic carbocycles. The molecule has 0 unspecified atom stereocenters. The van der Waals surface area contributed by atoms with Gasteiger partial charge in [0.15, 0.2) is 0 Å². The van der Waals surface area contributed by atoms with Crippen molar-refractivity contribution in [3.8, 4) is 0 Å². The van der Waals surface area contributed by atoms with Gasteiger partial charge in [0.05, 0.1) is 11.1 Å². The van der Waals surface area contributed by atoms with Gasteiger partial charge < -0.3 is 5.32 Å². The standard InChI is InChI=1S/C24H27N3O3S/c1-17-18(16-26-12-14-31-15-13-26)6-4-9-21(17)25-22(28)10-5-11-27-23(29)19-7-2-3-8-20(19)24(27)30/h2-4,6-9H,5,10-16H2,1H3,(H,25,28). The van der Waals surface area contributed by atoms with Crippen molar-refractivity contribution in [3.05, 3.63) is 64.7 Å². The summed E-state index contributed by atoms with van der Waals surface area (Å²) in [6.07, 6.45) is 0.682. The molecule has 2 heterocycles. The molecule has 2 aromatic rings. The van der Waals surface area contributed by atoms with Crippen LogP contribution in [0.25, 0.3) is 0 Å². The molecule has 162 valence electrons. The second kappa shape index (κ2) is 9.66. The highest BCUT2D eigenvalue weighted by Crippen LogP contribution is 2.24. The third-order valence-corrected chi connectivity index (χ3v) is 6.82. The molecular weight excluding hydrogens is 410 g/mol. The van der Waals surface area contributed by atoms with Gasteiger partial charge in [-0.3, -0.25) is 24.2 Å². The van der Waals surface area contributed by atoms with Crippen LogP contribution in [-0.2, 0) is 11.3 Å². The van der Waals surface area contributed by atoms with Crippen LogP contribution >= 0.6 is 11.8 Å². The first-order valence-electron chi connectivity index (χ1n) is 10.7. The summed E-state index contributed by atoms with van der Waals surface area (Å²) in [5, 5.41) is 3.00. The van der Waals surface area contributed by atoms with E-state index in [1.807, 2.05) is 30.8 Å². The number of benzene rings is 2. The predicted octanol–water partition coefficient (Wildman–Crippen LogP) is 3.56. The Kier molecular flexibility index (Phi) is 6.73. The minimum absolute atomic E-state index is 0.105. The molecule has 31 heavy (non-hydrogen) atoms. The topological polar surface area (TPSA) is 69.7 Å². The van der Waals surface area contributed by atoms with E-state index in [9.17, 15) is 14.4 Å². The largest absolute Gasteiger partial charge is 0.326 e. The Morgan fingerprint density at radius 1 is 1.00 bits per heavy atom. The molecule has 0 aromatic heterocycles. The lowest BCUT2D eigenvalue weighted by molar-refractivity contribution is -0.116. The van der Waals surface area contributed by atoms with Crippen molar-refractivity contribution in [2.75, 3.05) is 36.5 Å². The molecule has 1 saturated heterocycles. The third-order valence-electron chi connectivity index (χ3n) is 5.88. The number of anilines is 1. The Morgan fingerprint density at radius 3 is 2.35 bits per heavy atom. The second-order valence-corrected chi connectivity index (χ2v) is 9.16. The van der Waals surface area contributed by atoms with Crippen LogP contribution < -0.4 is 5.32 Å². The summed E-state index contributed by atoms with van der Waals surface area (Å²) in [7, 11) is 0. The third kappa shape index (κ3) is 4.83. The summed E-state index contributed by atoms with van der Waals surface area (Å²) >= 11 is 1.99. The molecule has 6 nitrogen and oxygen atoms in total. The molecule has 4 rings (SSSR count). The van der Waals surface area contributed by atoms with Crippen molar-refractivity contribution in [2.24, 2.45) is 0 Å². The van der Waals surface area contributed by atoms with Gasteiger partial charge in [0, 0.05) is 49.8 Å². The number of fused-ring (bicyclic) bond motifs is 1. The van der Waals surface area contributed by atoms with Crippen molar-refractivity contribution < 1.29 is 14.4 Å². The first kappa shape index (κ1) is 21.6. The molecule has 2 aliphatic heterocycles. The molecule has 2 aromatic carbocycles. The summed E-state index contributed by atoms with van der Waals surface area (Å²) in [4.78, 5) is 41.0. The normalized spacial score (nSPS) is 16.5. The fraction of sp³-hybridized carbons (Fsp3) is 0.375. The van der Waals surface area contributed by atoms with Gasteiger partial charge in [0.2, 0.25) is 5.91 Å². The molecule has 1 fully saturated rings. The highest BCUT2D eigenvalue weighted by molar-refractivity contribution is 7.99. The number of thioether (sulfide) groups is 1.